The number of hydrogen-bond donors (Lipinski definition) is 3. The van der Waals surface area contributed by atoms with Crippen LogP contribution >= 0.6 is 0 Å². The van der Waals surface area contributed by atoms with Crippen molar-refractivity contribution in [3.63, 3.8) is 0 Å². The van der Waals surface area contributed by atoms with Gasteiger partial charge in [-0.25, -0.2) is 0 Å². The second kappa shape index (κ2) is 72.8. The monoisotopic (exact) mass is 1170 g/mol. The van der Waals surface area contributed by atoms with Crippen LogP contribution in [-0.2, 0) is 14.3 Å². The minimum Gasteiger partial charge on any atom is -0.466 e. The summed E-state index contributed by atoms with van der Waals surface area (Å²) < 4.78 is 5.50. The zero-order valence-corrected chi connectivity index (χ0v) is 56.5. The summed E-state index contributed by atoms with van der Waals surface area (Å²) in [5, 5.41) is 23.4. The summed E-state index contributed by atoms with van der Waals surface area (Å²) in [4.78, 5) is 24.6. The van der Waals surface area contributed by atoms with Crippen LogP contribution in [0.25, 0.3) is 0 Å². The topological polar surface area (TPSA) is 95.9 Å². The summed E-state index contributed by atoms with van der Waals surface area (Å²) in [5.74, 6) is -0.00870. The van der Waals surface area contributed by atoms with Gasteiger partial charge in [-0.1, -0.05) is 385 Å². The van der Waals surface area contributed by atoms with Crippen molar-refractivity contribution in [1.82, 2.24) is 5.32 Å². The summed E-state index contributed by atoms with van der Waals surface area (Å²) in [6.45, 7) is 5.00. The van der Waals surface area contributed by atoms with Crippen LogP contribution in [0.4, 0.5) is 0 Å². The third-order valence-corrected chi connectivity index (χ3v) is 18.0. The van der Waals surface area contributed by atoms with Gasteiger partial charge in [-0.05, 0) is 57.8 Å². The van der Waals surface area contributed by atoms with Crippen molar-refractivity contribution in [2.24, 2.45) is 0 Å². The summed E-state index contributed by atoms with van der Waals surface area (Å²) in [6.07, 6.45) is 92.6. The van der Waals surface area contributed by atoms with Crippen LogP contribution in [0.3, 0.4) is 0 Å². The van der Waals surface area contributed by atoms with Crippen LogP contribution in [-0.4, -0.2) is 47.4 Å². The second-order valence-corrected chi connectivity index (χ2v) is 26.3. The quantitative estimate of drug-likeness (QED) is 0.0320. The second-order valence-electron chi connectivity index (χ2n) is 26.3. The van der Waals surface area contributed by atoms with E-state index in [-0.39, 0.29) is 18.5 Å². The molecule has 0 aliphatic heterocycles. The summed E-state index contributed by atoms with van der Waals surface area (Å²) >= 11 is 0. The maximum Gasteiger partial charge on any atom is 0.305 e. The van der Waals surface area contributed by atoms with Gasteiger partial charge in [0.05, 0.1) is 25.4 Å². The van der Waals surface area contributed by atoms with Crippen molar-refractivity contribution in [2.45, 2.75) is 443 Å². The highest BCUT2D eigenvalue weighted by Gasteiger charge is 2.20. The molecule has 83 heavy (non-hydrogen) atoms. The number of hydrogen-bond acceptors (Lipinski definition) is 5. The summed E-state index contributed by atoms with van der Waals surface area (Å²) in [7, 11) is 0. The molecule has 0 rings (SSSR count). The number of allylic oxidation sites excluding steroid dienone is 4. The number of carbonyl (C=O) groups excluding carboxylic acids is 2. The molecule has 492 valence electrons. The van der Waals surface area contributed by atoms with E-state index in [2.05, 4.69) is 43.5 Å². The number of esters is 1. The van der Waals surface area contributed by atoms with Gasteiger partial charge in [-0.2, -0.15) is 0 Å². The minimum atomic E-state index is -0.663. The molecular weight excluding hydrogens is 1020 g/mol. The third-order valence-electron chi connectivity index (χ3n) is 18.0. The molecule has 0 aromatic rings. The van der Waals surface area contributed by atoms with Gasteiger partial charge < -0.3 is 20.3 Å². The van der Waals surface area contributed by atoms with Crippen molar-refractivity contribution in [3.8, 4) is 0 Å². The maximum absolute atomic E-state index is 12.5. The number of ether oxygens (including phenoxy) is 1. The Morgan fingerprint density at radius 1 is 0.337 bits per heavy atom. The standard InChI is InChI=1S/C77H149NO5/c1-3-5-7-9-11-13-15-17-19-39-42-45-49-53-57-61-65-69-75(80)74(73-79)78-76(81)70-66-62-58-54-50-46-43-40-37-35-33-31-29-27-25-23-21-20-22-24-26-28-30-32-34-36-38-41-44-48-52-56-60-64-68-72-83-77(82)71-67-63-59-55-51-47-18-16-14-12-10-8-6-4-2/h22,24,28,30,74-75,79-80H,3-21,23,25-27,29,31-73H2,1-2H3,(H,78,81)/b24-22-,30-28-. The molecule has 0 fully saturated rings. The van der Waals surface area contributed by atoms with E-state index in [1.807, 2.05) is 0 Å². The van der Waals surface area contributed by atoms with Gasteiger partial charge in [-0.3, -0.25) is 9.59 Å². The fourth-order valence-corrected chi connectivity index (χ4v) is 12.2. The van der Waals surface area contributed by atoms with Crippen molar-refractivity contribution < 1.29 is 24.5 Å². The number of carbonyl (C=O) groups is 2. The Kier molecular flexibility index (Phi) is 71.4. The molecule has 0 aliphatic carbocycles. The average molecular weight is 1170 g/mol. The molecule has 0 aromatic heterocycles. The Labute approximate surface area is 520 Å². The molecule has 0 radical (unpaired) electrons. The molecule has 0 saturated carbocycles. The predicted molar refractivity (Wildman–Crippen MR) is 366 cm³/mol. The van der Waals surface area contributed by atoms with Crippen LogP contribution in [0.5, 0.6) is 0 Å². The van der Waals surface area contributed by atoms with Crippen molar-refractivity contribution in [2.75, 3.05) is 13.2 Å². The fourth-order valence-electron chi connectivity index (χ4n) is 12.2. The molecule has 0 bridgehead atoms. The number of aliphatic hydroxyl groups is 2. The van der Waals surface area contributed by atoms with E-state index in [1.165, 1.54) is 353 Å². The van der Waals surface area contributed by atoms with E-state index < -0.39 is 12.1 Å². The van der Waals surface area contributed by atoms with Crippen LogP contribution in [0.2, 0.25) is 0 Å². The van der Waals surface area contributed by atoms with Crippen LogP contribution in [0, 0.1) is 0 Å². The van der Waals surface area contributed by atoms with Crippen LogP contribution in [0.1, 0.15) is 431 Å². The first kappa shape index (κ1) is 81.3. The Balaban J connectivity index is 3.36. The fraction of sp³-hybridized carbons (Fsp3) is 0.922. The maximum atomic E-state index is 12.5. The summed E-state index contributed by atoms with van der Waals surface area (Å²) in [6, 6.07) is -0.540. The smallest absolute Gasteiger partial charge is 0.305 e. The van der Waals surface area contributed by atoms with E-state index in [9.17, 15) is 19.8 Å². The first-order valence-corrected chi connectivity index (χ1v) is 38.1. The lowest BCUT2D eigenvalue weighted by atomic mass is 10.0. The zero-order chi connectivity index (χ0) is 59.9. The van der Waals surface area contributed by atoms with E-state index in [0.29, 0.717) is 25.9 Å². The van der Waals surface area contributed by atoms with Crippen molar-refractivity contribution in [3.05, 3.63) is 24.3 Å². The lowest BCUT2D eigenvalue weighted by Crippen LogP contribution is -2.45. The first-order chi connectivity index (χ1) is 41.0. The molecule has 0 spiro atoms. The van der Waals surface area contributed by atoms with Gasteiger partial charge >= 0.3 is 5.97 Å². The number of nitrogens with one attached hydrogen (secondary N) is 1. The Morgan fingerprint density at radius 2 is 0.602 bits per heavy atom. The normalized spacial score (nSPS) is 12.6. The molecule has 2 unspecified atom stereocenters. The van der Waals surface area contributed by atoms with Crippen LogP contribution in [0.15, 0.2) is 24.3 Å². The zero-order valence-electron chi connectivity index (χ0n) is 56.5. The van der Waals surface area contributed by atoms with Gasteiger partial charge in [0, 0.05) is 12.8 Å². The van der Waals surface area contributed by atoms with Gasteiger partial charge in [0.2, 0.25) is 5.91 Å². The van der Waals surface area contributed by atoms with E-state index in [1.54, 1.807) is 0 Å². The summed E-state index contributed by atoms with van der Waals surface area (Å²) in [5.41, 5.74) is 0. The molecule has 6 nitrogen and oxygen atoms in total. The van der Waals surface area contributed by atoms with Gasteiger partial charge in [-0.15, -0.1) is 0 Å². The molecular formula is C77H149NO5. The highest BCUT2D eigenvalue weighted by atomic mass is 16.5. The molecule has 2 atom stereocenters. The largest absolute Gasteiger partial charge is 0.466 e. The molecule has 0 heterocycles. The number of rotatable bonds is 72. The van der Waals surface area contributed by atoms with Gasteiger partial charge in [0.1, 0.15) is 0 Å². The SMILES string of the molecule is CCCCCCCCCCCCCCCCCCCC(O)C(CO)NC(=O)CCCCCCCCCCCCCCCCCCC/C=C\C/C=C\CCCCCCCCCCCCCOC(=O)CCCCCCCCCCCCCCCC. The van der Waals surface area contributed by atoms with Crippen LogP contribution < -0.4 is 5.32 Å². The highest BCUT2D eigenvalue weighted by molar-refractivity contribution is 5.76. The molecule has 3 N–H and O–H groups in total. The Hall–Kier alpha value is -1.66. The molecule has 0 saturated heterocycles. The molecule has 0 aromatic carbocycles. The van der Waals surface area contributed by atoms with Crippen molar-refractivity contribution in [1.29, 1.82) is 0 Å². The van der Waals surface area contributed by atoms with Crippen molar-refractivity contribution >= 4 is 11.9 Å². The van der Waals surface area contributed by atoms with Gasteiger partial charge in [0.15, 0.2) is 0 Å². The number of amides is 1. The molecule has 6 heteroatoms. The number of aliphatic hydroxyl groups excluding tert-OH is 2. The molecule has 1 amide bonds. The van der Waals surface area contributed by atoms with E-state index in [4.69, 9.17) is 4.74 Å². The third kappa shape index (κ3) is 69.3. The lowest BCUT2D eigenvalue weighted by molar-refractivity contribution is -0.143. The highest BCUT2D eigenvalue weighted by Crippen LogP contribution is 2.20. The minimum absolute atomic E-state index is 0.0199. The average Bonchev–Trinajstić information content (AvgIpc) is 3.49. The lowest BCUT2D eigenvalue weighted by Gasteiger charge is -2.22. The Morgan fingerprint density at radius 3 is 0.916 bits per heavy atom. The van der Waals surface area contributed by atoms with E-state index >= 15 is 0 Å². The van der Waals surface area contributed by atoms with E-state index in [0.717, 1.165) is 44.9 Å². The predicted octanol–water partition coefficient (Wildman–Crippen LogP) is 24.9. The number of unbranched alkanes of at least 4 members (excludes halogenated alkanes) is 57. The first-order valence-electron chi connectivity index (χ1n) is 38.1. The Bertz CT molecular complexity index is 1300. The molecule has 0 aliphatic rings. The van der Waals surface area contributed by atoms with Gasteiger partial charge in [0.25, 0.3) is 0 Å².